The van der Waals surface area contributed by atoms with Gasteiger partial charge in [-0.15, -0.1) is 43.6 Å². The molecule has 1 aromatic carbocycles. The molecule has 1 aromatic rings. The van der Waals surface area contributed by atoms with Gasteiger partial charge in [-0.25, -0.2) is 11.6 Å². The first-order valence-corrected chi connectivity index (χ1v) is 5.27. The summed E-state index contributed by atoms with van der Waals surface area (Å²) in [5, 5.41) is 0. The van der Waals surface area contributed by atoms with E-state index in [1.807, 2.05) is 0 Å². The average Bonchev–Trinajstić information content (AvgIpc) is 2.72. The summed E-state index contributed by atoms with van der Waals surface area (Å²) >= 11 is 0. The molecule has 1 aliphatic carbocycles. The van der Waals surface area contributed by atoms with Gasteiger partial charge in [0.2, 0.25) is 0 Å². The van der Waals surface area contributed by atoms with Crippen molar-refractivity contribution in [1.29, 1.82) is 0 Å². The van der Waals surface area contributed by atoms with Crippen molar-refractivity contribution in [2.45, 2.75) is 12.5 Å². The SMILES string of the molecule is CN(C)C(C1=[C-]CC=C1)c1ccccc1.Cl.Cl.Cl.[V]. The number of nitrogens with zero attached hydrogens (tertiary/aromatic N) is 1. The van der Waals surface area contributed by atoms with Crippen molar-refractivity contribution in [3.05, 3.63) is 59.7 Å². The van der Waals surface area contributed by atoms with E-state index in [0.717, 1.165) is 6.42 Å². The van der Waals surface area contributed by atoms with Gasteiger partial charge in [-0.2, -0.15) is 6.08 Å². The number of benzene rings is 1. The van der Waals surface area contributed by atoms with Gasteiger partial charge in [0.1, 0.15) is 0 Å². The Morgan fingerprint density at radius 1 is 1.05 bits per heavy atom. The molecule has 1 nitrogen and oxygen atoms in total. The molecule has 1 radical (unpaired) electrons. The van der Waals surface area contributed by atoms with Gasteiger partial charge >= 0.3 is 0 Å². The average molecular weight is 359 g/mol. The van der Waals surface area contributed by atoms with E-state index in [-0.39, 0.29) is 55.8 Å². The minimum atomic E-state index is 0. The van der Waals surface area contributed by atoms with E-state index in [4.69, 9.17) is 0 Å². The maximum absolute atomic E-state index is 3.40. The monoisotopic (exact) mass is 357 g/mol. The van der Waals surface area contributed by atoms with Crippen molar-refractivity contribution in [1.82, 2.24) is 4.90 Å². The smallest absolute Gasteiger partial charge is 0.0263 e. The first kappa shape index (κ1) is 24.2. The second-order valence-corrected chi connectivity index (χ2v) is 4.02. The molecule has 107 valence electrons. The summed E-state index contributed by atoms with van der Waals surface area (Å²) in [6.07, 6.45) is 8.69. The Kier molecular flexibility index (Phi) is 15.1. The Labute approximate surface area is 146 Å². The van der Waals surface area contributed by atoms with Crippen molar-refractivity contribution in [2.75, 3.05) is 14.1 Å². The molecule has 2 rings (SSSR count). The number of hydrogen-bond donors (Lipinski definition) is 0. The Balaban J connectivity index is -0.000000640. The van der Waals surface area contributed by atoms with E-state index in [1.165, 1.54) is 11.1 Å². The molecular weight excluding hydrogens is 339 g/mol. The summed E-state index contributed by atoms with van der Waals surface area (Å²) in [4.78, 5) is 2.23. The number of likely N-dealkylation sites (N-methyl/N-ethyl adjacent to an activating group) is 1. The van der Waals surface area contributed by atoms with E-state index in [2.05, 4.69) is 67.6 Å². The van der Waals surface area contributed by atoms with Crippen LogP contribution in [0.1, 0.15) is 18.0 Å². The summed E-state index contributed by atoms with van der Waals surface area (Å²) in [7, 11) is 4.22. The van der Waals surface area contributed by atoms with Gasteiger partial charge in [0.05, 0.1) is 0 Å². The molecule has 1 atom stereocenters. The molecule has 1 unspecified atom stereocenters. The van der Waals surface area contributed by atoms with Crippen LogP contribution in [-0.2, 0) is 18.6 Å². The maximum Gasteiger partial charge on any atom is 0.0263 e. The third kappa shape index (κ3) is 6.40. The molecule has 0 aromatic heterocycles. The molecule has 0 saturated carbocycles. The standard InChI is InChI=1S/C14H16N.3ClH.V/c1-15(2)14(13-10-6-7-11-13)12-8-4-3-5-9-12;;;;/h3-6,8-10,14H,7H2,1-2H3;3*1H;/q-1;;;;. The molecule has 0 N–H and O–H groups in total. The van der Waals surface area contributed by atoms with Crippen LogP contribution in [0.2, 0.25) is 0 Å². The van der Waals surface area contributed by atoms with Gasteiger partial charge in [-0.3, -0.25) is 6.08 Å². The topological polar surface area (TPSA) is 3.24 Å². The van der Waals surface area contributed by atoms with Crippen LogP contribution >= 0.6 is 37.2 Å². The van der Waals surface area contributed by atoms with Gasteiger partial charge < -0.3 is 4.90 Å². The predicted octanol–water partition coefficient (Wildman–Crippen LogP) is 4.24. The molecule has 0 bridgehead atoms. The Bertz CT molecular complexity index is 391. The van der Waals surface area contributed by atoms with Crippen LogP contribution in [0.4, 0.5) is 0 Å². The Morgan fingerprint density at radius 2 is 1.63 bits per heavy atom. The molecule has 0 spiro atoms. The van der Waals surface area contributed by atoms with Crippen molar-refractivity contribution in [2.24, 2.45) is 0 Å². The quantitative estimate of drug-likeness (QED) is 0.731. The number of rotatable bonds is 3. The van der Waals surface area contributed by atoms with Gasteiger partial charge in [0, 0.05) is 24.6 Å². The van der Waals surface area contributed by atoms with Gasteiger partial charge in [-0.05, 0) is 19.7 Å². The minimum absolute atomic E-state index is 0. The number of allylic oxidation sites excluding steroid dienone is 2. The van der Waals surface area contributed by atoms with Crippen molar-refractivity contribution >= 4 is 37.2 Å². The van der Waals surface area contributed by atoms with Crippen LogP contribution in [0.15, 0.2) is 48.1 Å². The van der Waals surface area contributed by atoms with Crippen molar-refractivity contribution in [3.8, 4) is 0 Å². The summed E-state index contributed by atoms with van der Waals surface area (Å²) < 4.78 is 0. The molecule has 5 heteroatoms. The van der Waals surface area contributed by atoms with Crippen LogP contribution in [0.3, 0.4) is 0 Å². The van der Waals surface area contributed by atoms with Crippen molar-refractivity contribution in [3.63, 3.8) is 0 Å². The predicted molar refractivity (Wildman–Crippen MR) is 85.1 cm³/mol. The van der Waals surface area contributed by atoms with Crippen LogP contribution in [0.5, 0.6) is 0 Å². The second-order valence-electron chi connectivity index (χ2n) is 4.02. The molecule has 19 heavy (non-hydrogen) atoms. The van der Waals surface area contributed by atoms with E-state index < -0.39 is 0 Å². The normalized spacial score (nSPS) is 13.3. The molecule has 0 heterocycles. The second kappa shape index (κ2) is 11.9. The van der Waals surface area contributed by atoms with Crippen molar-refractivity contribution < 1.29 is 18.6 Å². The Morgan fingerprint density at radius 3 is 2.05 bits per heavy atom. The van der Waals surface area contributed by atoms with Gasteiger partial charge in [0.25, 0.3) is 0 Å². The van der Waals surface area contributed by atoms with E-state index in [9.17, 15) is 0 Å². The number of halogens is 3. The molecule has 0 fully saturated rings. The first-order valence-electron chi connectivity index (χ1n) is 5.27. The molecule has 0 aliphatic heterocycles. The fourth-order valence-corrected chi connectivity index (χ4v) is 2.00. The molecular formula is C14H19Cl3NV-. The van der Waals surface area contributed by atoms with Crippen LogP contribution in [0.25, 0.3) is 0 Å². The Hall–Kier alpha value is 0.114. The zero-order valence-corrected chi connectivity index (χ0v) is 14.8. The fourth-order valence-electron chi connectivity index (χ4n) is 2.00. The summed E-state index contributed by atoms with van der Waals surface area (Å²) in [6.45, 7) is 0. The van der Waals surface area contributed by atoms with E-state index >= 15 is 0 Å². The fraction of sp³-hybridized carbons (Fsp3) is 0.286. The van der Waals surface area contributed by atoms with Gasteiger partial charge in [-0.1, -0.05) is 30.3 Å². The largest absolute Gasteiger partial charge is 0.301 e. The molecule has 0 saturated heterocycles. The van der Waals surface area contributed by atoms with Crippen LogP contribution < -0.4 is 0 Å². The third-order valence-corrected chi connectivity index (χ3v) is 2.65. The van der Waals surface area contributed by atoms with E-state index in [0.29, 0.717) is 6.04 Å². The van der Waals surface area contributed by atoms with Crippen LogP contribution in [0, 0.1) is 6.08 Å². The first-order chi connectivity index (χ1) is 7.29. The summed E-state index contributed by atoms with van der Waals surface area (Å²) in [5.41, 5.74) is 2.61. The molecule has 1 aliphatic rings. The third-order valence-electron chi connectivity index (χ3n) is 2.65. The summed E-state index contributed by atoms with van der Waals surface area (Å²) in [5.74, 6) is 0. The zero-order chi connectivity index (χ0) is 10.7. The minimum Gasteiger partial charge on any atom is -0.301 e. The van der Waals surface area contributed by atoms with Crippen LogP contribution in [-0.4, -0.2) is 19.0 Å². The summed E-state index contributed by atoms with van der Waals surface area (Å²) in [6, 6.07) is 10.9. The van der Waals surface area contributed by atoms with Gasteiger partial charge in [0.15, 0.2) is 0 Å². The maximum atomic E-state index is 3.40. The van der Waals surface area contributed by atoms with E-state index in [1.54, 1.807) is 0 Å². The zero-order valence-electron chi connectivity index (χ0n) is 10.9. The number of hydrogen-bond acceptors (Lipinski definition) is 1. The molecule has 0 amide bonds.